The fourth-order valence-corrected chi connectivity index (χ4v) is 4.12. The second kappa shape index (κ2) is 11.4. The highest BCUT2D eigenvalue weighted by atomic mass is 32.2. The Bertz CT molecular complexity index is 1100. The molecule has 1 aromatic heterocycles. The molecule has 0 atom stereocenters. The molecular formula is C22H27N3O6S. The van der Waals surface area contributed by atoms with Gasteiger partial charge in [0.1, 0.15) is 0 Å². The molecule has 0 radical (unpaired) electrons. The Morgan fingerprint density at radius 2 is 1.84 bits per heavy atom. The first-order valence-corrected chi connectivity index (χ1v) is 11.7. The van der Waals surface area contributed by atoms with E-state index in [0.29, 0.717) is 30.5 Å². The number of amides is 2. The number of aromatic carboxylic acids is 1. The number of benzene rings is 1. The van der Waals surface area contributed by atoms with E-state index in [1.807, 2.05) is 11.6 Å². The fraction of sp³-hybridized carbons (Fsp3) is 0.364. The van der Waals surface area contributed by atoms with Crippen molar-refractivity contribution >= 4 is 27.8 Å². The van der Waals surface area contributed by atoms with Crippen molar-refractivity contribution < 1.29 is 27.9 Å². The summed E-state index contributed by atoms with van der Waals surface area (Å²) >= 11 is 0. The summed E-state index contributed by atoms with van der Waals surface area (Å²) in [5.41, 5.74) is 0.884. The van der Waals surface area contributed by atoms with E-state index >= 15 is 0 Å². The van der Waals surface area contributed by atoms with Crippen molar-refractivity contribution in [3.8, 4) is 0 Å². The van der Waals surface area contributed by atoms with E-state index in [1.54, 1.807) is 12.1 Å². The minimum atomic E-state index is -4.16. The molecule has 10 heteroatoms. The van der Waals surface area contributed by atoms with Crippen molar-refractivity contribution in [3.63, 3.8) is 0 Å². The lowest BCUT2D eigenvalue weighted by atomic mass is 10.0. The standard InChI is InChI=1S/C22H27N3O6S/c1-3-4-5-8-17-13-18(14-24-20(17)22(28)29)21(27)25-32(30,31)19-9-6-7-16(12-19)10-11-23-15(2)26/h6-7,9,12-14H,3-5,8,10-11H2,1-2H3,(H,23,26)(H,25,27)(H,28,29). The largest absolute Gasteiger partial charge is 0.477 e. The molecule has 1 aromatic carbocycles. The molecule has 0 unspecified atom stereocenters. The lowest BCUT2D eigenvalue weighted by Gasteiger charge is -2.11. The van der Waals surface area contributed by atoms with Gasteiger partial charge in [-0.3, -0.25) is 9.59 Å². The monoisotopic (exact) mass is 461 g/mol. The van der Waals surface area contributed by atoms with Gasteiger partial charge in [0.15, 0.2) is 5.69 Å². The van der Waals surface area contributed by atoms with Gasteiger partial charge >= 0.3 is 5.97 Å². The van der Waals surface area contributed by atoms with Crippen molar-refractivity contribution in [2.75, 3.05) is 6.54 Å². The lowest BCUT2D eigenvalue weighted by molar-refractivity contribution is -0.118. The molecule has 1 heterocycles. The Labute approximate surface area is 187 Å². The number of hydrogen-bond donors (Lipinski definition) is 3. The molecular weight excluding hydrogens is 434 g/mol. The SMILES string of the molecule is CCCCCc1cc(C(=O)NS(=O)(=O)c2cccc(CCNC(C)=O)c2)cnc1C(=O)O. The van der Waals surface area contributed by atoms with Crippen molar-refractivity contribution in [2.24, 2.45) is 0 Å². The number of nitrogens with zero attached hydrogens (tertiary/aromatic N) is 1. The smallest absolute Gasteiger partial charge is 0.354 e. The van der Waals surface area contributed by atoms with Crippen LogP contribution in [0.25, 0.3) is 0 Å². The van der Waals surface area contributed by atoms with E-state index in [0.717, 1.165) is 25.5 Å². The number of carbonyl (C=O) groups excluding carboxylic acids is 2. The van der Waals surface area contributed by atoms with E-state index in [9.17, 15) is 27.9 Å². The highest BCUT2D eigenvalue weighted by Crippen LogP contribution is 2.16. The van der Waals surface area contributed by atoms with Crippen LogP contribution in [0.4, 0.5) is 0 Å². The van der Waals surface area contributed by atoms with Crippen LogP contribution in [0.2, 0.25) is 0 Å². The summed E-state index contributed by atoms with van der Waals surface area (Å²) in [6.07, 6.45) is 4.47. The van der Waals surface area contributed by atoms with Crippen molar-refractivity contribution in [3.05, 3.63) is 58.9 Å². The topological polar surface area (TPSA) is 143 Å². The first-order valence-electron chi connectivity index (χ1n) is 10.3. The number of hydrogen-bond acceptors (Lipinski definition) is 6. The number of rotatable bonds is 11. The van der Waals surface area contributed by atoms with Gasteiger partial charge in [-0.15, -0.1) is 0 Å². The summed E-state index contributed by atoms with van der Waals surface area (Å²) in [5, 5.41) is 12.0. The zero-order valence-corrected chi connectivity index (χ0v) is 18.9. The van der Waals surface area contributed by atoms with Crippen LogP contribution in [-0.2, 0) is 27.7 Å². The van der Waals surface area contributed by atoms with Crippen molar-refractivity contribution in [1.29, 1.82) is 0 Å². The van der Waals surface area contributed by atoms with Gasteiger partial charge in [-0.1, -0.05) is 31.9 Å². The minimum Gasteiger partial charge on any atom is -0.477 e. The number of unbranched alkanes of at least 4 members (excludes halogenated alkanes) is 2. The van der Waals surface area contributed by atoms with Crippen LogP contribution in [-0.4, -0.2) is 42.8 Å². The van der Waals surface area contributed by atoms with Crippen LogP contribution < -0.4 is 10.0 Å². The predicted molar refractivity (Wildman–Crippen MR) is 118 cm³/mol. The summed E-state index contributed by atoms with van der Waals surface area (Å²) < 4.78 is 27.4. The van der Waals surface area contributed by atoms with E-state index in [2.05, 4.69) is 10.3 Å². The zero-order chi connectivity index (χ0) is 23.7. The summed E-state index contributed by atoms with van der Waals surface area (Å²) in [4.78, 5) is 38.8. The Balaban J connectivity index is 2.19. The lowest BCUT2D eigenvalue weighted by Crippen LogP contribution is -2.31. The summed E-state index contributed by atoms with van der Waals surface area (Å²) in [6.45, 7) is 3.76. The molecule has 2 aromatic rings. The third-order valence-electron chi connectivity index (χ3n) is 4.70. The molecule has 0 bridgehead atoms. The quantitative estimate of drug-likeness (QED) is 0.436. The molecule has 32 heavy (non-hydrogen) atoms. The molecule has 2 rings (SSSR count). The van der Waals surface area contributed by atoms with Gasteiger partial charge in [-0.25, -0.2) is 22.9 Å². The number of aryl methyl sites for hydroxylation is 1. The first-order chi connectivity index (χ1) is 15.1. The zero-order valence-electron chi connectivity index (χ0n) is 18.1. The molecule has 0 saturated heterocycles. The average Bonchev–Trinajstić information content (AvgIpc) is 2.73. The molecule has 2 amide bonds. The second-order valence-corrected chi connectivity index (χ2v) is 8.99. The Hall–Kier alpha value is -3.27. The third kappa shape index (κ3) is 7.16. The molecule has 9 nitrogen and oxygen atoms in total. The Morgan fingerprint density at radius 1 is 1.09 bits per heavy atom. The summed E-state index contributed by atoms with van der Waals surface area (Å²) in [7, 11) is -4.16. The molecule has 0 spiro atoms. The van der Waals surface area contributed by atoms with Crippen molar-refractivity contribution in [2.45, 2.75) is 50.8 Å². The molecule has 3 N–H and O–H groups in total. The van der Waals surface area contributed by atoms with Crippen LogP contribution in [0.5, 0.6) is 0 Å². The van der Waals surface area contributed by atoms with E-state index in [-0.39, 0.29) is 22.1 Å². The van der Waals surface area contributed by atoms with Crippen LogP contribution >= 0.6 is 0 Å². The average molecular weight is 462 g/mol. The number of nitrogens with one attached hydrogen (secondary N) is 2. The fourth-order valence-electron chi connectivity index (χ4n) is 3.07. The van der Waals surface area contributed by atoms with Gasteiger partial charge < -0.3 is 10.4 Å². The van der Waals surface area contributed by atoms with E-state index in [1.165, 1.54) is 25.1 Å². The summed E-state index contributed by atoms with van der Waals surface area (Å²) in [5.74, 6) is -2.28. The maximum atomic E-state index is 12.7. The number of pyridine rings is 1. The van der Waals surface area contributed by atoms with E-state index < -0.39 is 21.9 Å². The highest BCUT2D eigenvalue weighted by molar-refractivity contribution is 7.90. The predicted octanol–water partition coefficient (Wildman–Crippen LogP) is 2.31. The van der Waals surface area contributed by atoms with Gasteiger partial charge in [0.2, 0.25) is 5.91 Å². The third-order valence-corrected chi connectivity index (χ3v) is 6.03. The van der Waals surface area contributed by atoms with Crippen LogP contribution in [0, 0.1) is 0 Å². The van der Waals surface area contributed by atoms with Gasteiger partial charge in [0.25, 0.3) is 15.9 Å². The highest BCUT2D eigenvalue weighted by Gasteiger charge is 2.21. The molecule has 0 fully saturated rings. The molecule has 172 valence electrons. The Morgan fingerprint density at radius 3 is 2.50 bits per heavy atom. The van der Waals surface area contributed by atoms with E-state index in [4.69, 9.17) is 0 Å². The second-order valence-electron chi connectivity index (χ2n) is 7.31. The number of aromatic nitrogens is 1. The van der Waals surface area contributed by atoms with Gasteiger partial charge in [-0.2, -0.15) is 0 Å². The van der Waals surface area contributed by atoms with Gasteiger partial charge in [-0.05, 0) is 48.6 Å². The number of carbonyl (C=O) groups is 3. The molecule has 0 aliphatic heterocycles. The normalized spacial score (nSPS) is 11.1. The summed E-state index contributed by atoms with van der Waals surface area (Å²) in [6, 6.07) is 7.44. The first kappa shape index (κ1) is 25.0. The van der Waals surface area contributed by atoms with Crippen LogP contribution in [0.1, 0.15) is 65.1 Å². The van der Waals surface area contributed by atoms with Crippen molar-refractivity contribution in [1.82, 2.24) is 15.0 Å². The minimum absolute atomic E-state index is 0.0353. The maximum Gasteiger partial charge on any atom is 0.354 e. The van der Waals surface area contributed by atoms with Gasteiger partial charge in [0, 0.05) is 19.7 Å². The molecule has 0 aliphatic rings. The number of carboxylic acid groups (broad SMARTS) is 1. The number of sulfonamides is 1. The van der Waals surface area contributed by atoms with Crippen LogP contribution in [0.3, 0.4) is 0 Å². The molecule has 0 saturated carbocycles. The number of carboxylic acids is 1. The molecule has 0 aliphatic carbocycles. The van der Waals surface area contributed by atoms with Crippen LogP contribution in [0.15, 0.2) is 41.4 Å². The van der Waals surface area contributed by atoms with Gasteiger partial charge in [0.05, 0.1) is 10.5 Å². The Kier molecular flexibility index (Phi) is 8.89. The maximum absolute atomic E-state index is 12.7.